The van der Waals surface area contributed by atoms with Gasteiger partial charge in [-0.05, 0) is 60.6 Å². The molecule has 0 aliphatic heterocycles. The van der Waals surface area contributed by atoms with Gasteiger partial charge in [0.2, 0.25) is 5.91 Å². The van der Waals surface area contributed by atoms with E-state index in [2.05, 4.69) is 120 Å². The molecule has 0 bridgehead atoms. The number of carbonyl (C=O) groups excluding carboxylic acids is 1. The van der Waals surface area contributed by atoms with E-state index in [9.17, 15) is 4.79 Å². The van der Waals surface area contributed by atoms with E-state index in [4.69, 9.17) is 4.74 Å². The maximum atomic E-state index is 11.9. The van der Waals surface area contributed by atoms with Crippen LogP contribution in [0.3, 0.4) is 0 Å². The molecule has 1 fully saturated rings. The third-order valence-electron chi connectivity index (χ3n) is 9.51. The monoisotopic (exact) mass is 563 g/mol. The lowest BCUT2D eigenvalue weighted by Crippen LogP contribution is -2.39. The predicted octanol–water partition coefficient (Wildman–Crippen LogP) is 8.00. The van der Waals surface area contributed by atoms with Crippen molar-refractivity contribution in [1.82, 2.24) is 15.3 Å². The molecule has 1 heterocycles. The molecule has 0 saturated heterocycles. The van der Waals surface area contributed by atoms with E-state index in [1.54, 1.807) is 6.92 Å². The van der Waals surface area contributed by atoms with Crippen LogP contribution in [0.15, 0.2) is 103 Å². The zero-order valence-electron chi connectivity index (χ0n) is 25.3. The zero-order valence-corrected chi connectivity index (χ0v) is 25.3. The van der Waals surface area contributed by atoms with Gasteiger partial charge in [0.05, 0.1) is 6.61 Å². The highest BCUT2D eigenvalue weighted by atomic mass is 16.5. The van der Waals surface area contributed by atoms with Crippen LogP contribution in [-0.2, 0) is 15.1 Å². The number of hydrogen-bond acceptors (Lipinski definition) is 3. The highest BCUT2D eigenvalue weighted by Crippen LogP contribution is 2.48. The molecule has 5 rings (SSSR count). The summed E-state index contributed by atoms with van der Waals surface area (Å²) < 4.78 is 7.38. The van der Waals surface area contributed by atoms with E-state index in [-0.39, 0.29) is 29.2 Å². The minimum atomic E-state index is -0.715. The molecule has 220 valence electrons. The summed E-state index contributed by atoms with van der Waals surface area (Å²) in [6, 6.07) is 32.1. The molecule has 2 N–H and O–H groups in total. The lowest BCUT2D eigenvalue weighted by molar-refractivity contribution is -0.119. The van der Waals surface area contributed by atoms with Crippen molar-refractivity contribution in [2.24, 2.45) is 11.3 Å². The Bertz CT molecular complexity index is 1270. The average molecular weight is 564 g/mol. The Kier molecular flexibility index (Phi) is 9.58. The first-order chi connectivity index (χ1) is 20.4. The summed E-state index contributed by atoms with van der Waals surface area (Å²) >= 11 is 0. The second-order valence-electron chi connectivity index (χ2n) is 12.2. The summed E-state index contributed by atoms with van der Waals surface area (Å²) in [6.45, 7) is 6.60. The van der Waals surface area contributed by atoms with Crippen LogP contribution in [0.5, 0.6) is 0 Å². The van der Waals surface area contributed by atoms with E-state index >= 15 is 0 Å². The van der Waals surface area contributed by atoms with Crippen LogP contribution in [0.25, 0.3) is 0 Å². The summed E-state index contributed by atoms with van der Waals surface area (Å²) in [7, 11) is 0. The van der Waals surface area contributed by atoms with Gasteiger partial charge in [-0.1, -0.05) is 111 Å². The fourth-order valence-corrected chi connectivity index (χ4v) is 7.01. The van der Waals surface area contributed by atoms with Gasteiger partial charge in [-0.2, -0.15) is 0 Å². The van der Waals surface area contributed by atoms with Crippen LogP contribution in [-0.4, -0.2) is 28.5 Å². The summed E-state index contributed by atoms with van der Waals surface area (Å²) in [5, 5.41) is 3.12. The van der Waals surface area contributed by atoms with E-state index in [1.165, 1.54) is 12.8 Å². The van der Waals surface area contributed by atoms with Crippen LogP contribution in [0.2, 0.25) is 0 Å². The normalized spacial score (nSPS) is 16.9. The smallest absolute Gasteiger partial charge is 0.217 e. The number of carbonyl (C=O) groups is 1. The summed E-state index contributed by atoms with van der Waals surface area (Å²) in [5.74, 6) is 1.45. The third kappa shape index (κ3) is 6.52. The number of aromatic nitrogens is 2. The molecule has 0 spiro atoms. The van der Waals surface area contributed by atoms with Gasteiger partial charge in [-0.25, -0.2) is 4.98 Å². The molecule has 3 aromatic carbocycles. The Hall–Kier alpha value is -3.70. The molecule has 3 atom stereocenters. The fourth-order valence-electron chi connectivity index (χ4n) is 7.01. The highest BCUT2D eigenvalue weighted by molar-refractivity contribution is 5.73. The number of nitrogens with one attached hydrogen (secondary N) is 2. The summed E-state index contributed by atoms with van der Waals surface area (Å²) in [4.78, 5) is 19.9. The predicted molar refractivity (Wildman–Crippen MR) is 169 cm³/mol. The van der Waals surface area contributed by atoms with Crippen LogP contribution in [0, 0.1) is 11.3 Å². The van der Waals surface area contributed by atoms with Crippen molar-refractivity contribution in [3.8, 4) is 0 Å². The van der Waals surface area contributed by atoms with Crippen LogP contribution in [0.1, 0.15) is 87.7 Å². The van der Waals surface area contributed by atoms with Gasteiger partial charge in [0.25, 0.3) is 0 Å². The molecular formula is C37H45N3O2. The van der Waals surface area contributed by atoms with Crippen LogP contribution < -0.4 is 5.32 Å². The van der Waals surface area contributed by atoms with Crippen LogP contribution >= 0.6 is 0 Å². The lowest BCUT2D eigenvalue weighted by atomic mass is 9.75. The maximum Gasteiger partial charge on any atom is 0.217 e. The second-order valence-corrected chi connectivity index (χ2v) is 12.2. The Balaban J connectivity index is 1.46. The SMILES string of the molecule is CC(=O)NC(C)C(C)C(CCC1(COC(c2ccccc2)(c2ccccc2)c2ccccc2)CCCC1)c1ncc[nH]1. The van der Waals surface area contributed by atoms with Gasteiger partial charge in [0, 0.05) is 31.3 Å². The van der Waals surface area contributed by atoms with E-state index in [0.29, 0.717) is 6.61 Å². The first kappa shape index (κ1) is 29.8. The van der Waals surface area contributed by atoms with E-state index in [0.717, 1.165) is 48.2 Å². The van der Waals surface area contributed by atoms with Crippen molar-refractivity contribution in [1.29, 1.82) is 0 Å². The number of benzene rings is 3. The molecule has 5 nitrogen and oxygen atoms in total. The van der Waals surface area contributed by atoms with Crippen molar-refractivity contribution in [3.05, 3.63) is 126 Å². The van der Waals surface area contributed by atoms with Crippen molar-refractivity contribution < 1.29 is 9.53 Å². The Morgan fingerprint density at radius 1 is 0.905 bits per heavy atom. The van der Waals surface area contributed by atoms with Crippen molar-refractivity contribution in [2.45, 2.75) is 76.9 Å². The van der Waals surface area contributed by atoms with Gasteiger partial charge in [-0.3, -0.25) is 4.79 Å². The second kappa shape index (κ2) is 13.5. The molecule has 42 heavy (non-hydrogen) atoms. The lowest BCUT2D eigenvalue weighted by Gasteiger charge is -2.40. The molecule has 1 aromatic heterocycles. The van der Waals surface area contributed by atoms with Gasteiger partial charge in [-0.15, -0.1) is 0 Å². The number of aromatic amines is 1. The van der Waals surface area contributed by atoms with E-state index in [1.807, 2.05) is 12.4 Å². The third-order valence-corrected chi connectivity index (χ3v) is 9.51. The highest BCUT2D eigenvalue weighted by Gasteiger charge is 2.43. The van der Waals surface area contributed by atoms with Gasteiger partial charge < -0.3 is 15.0 Å². The topological polar surface area (TPSA) is 67.0 Å². The summed E-state index contributed by atoms with van der Waals surface area (Å²) in [5.41, 5.74) is 2.78. The fraction of sp³-hybridized carbons (Fsp3) is 0.405. The molecule has 1 amide bonds. The Morgan fingerprint density at radius 3 is 1.88 bits per heavy atom. The number of nitrogens with zero attached hydrogens (tertiary/aromatic N) is 1. The number of hydrogen-bond donors (Lipinski definition) is 2. The minimum Gasteiger partial charge on any atom is -0.360 e. The molecule has 1 aliphatic carbocycles. The largest absolute Gasteiger partial charge is 0.360 e. The van der Waals surface area contributed by atoms with E-state index < -0.39 is 5.60 Å². The molecule has 3 unspecified atom stereocenters. The molecule has 1 aliphatic rings. The van der Waals surface area contributed by atoms with Gasteiger partial charge in [0.1, 0.15) is 11.4 Å². The van der Waals surface area contributed by atoms with Crippen molar-refractivity contribution in [2.75, 3.05) is 6.61 Å². The average Bonchev–Trinajstić information content (AvgIpc) is 3.72. The van der Waals surface area contributed by atoms with Gasteiger partial charge >= 0.3 is 0 Å². The standard InChI is InChI=1S/C37H45N3O2/c1-28(29(2)40-30(3)41)34(35-38-25-26-39-35)21-24-36(22-13-14-23-36)27-42-37(31-15-7-4-8-16-31,32-17-9-5-10-18-32)33-19-11-6-12-20-33/h4-12,15-20,25-26,28-29,34H,13-14,21-24,27H2,1-3H3,(H,38,39)(H,40,41). The number of imidazole rings is 1. The Morgan fingerprint density at radius 2 is 1.43 bits per heavy atom. The number of amides is 1. The number of ether oxygens (including phenoxy) is 1. The molecule has 5 heteroatoms. The van der Waals surface area contributed by atoms with Gasteiger partial charge in [0.15, 0.2) is 0 Å². The molecule has 1 saturated carbocycles. The number of H-pyrrole nitrogens is 1. The quantitative estimate of drug-likeness (QED) is 0.162. The molecule has 4 aromatic rings. The minimum absolute atomic E-state index is 0.00674. The number of rotatable bonds is 13. The van der Waals surface area contributed by atoms with Crippen LogP contribution in [0.4, 0.5) is 0 Å². The molecular weight excluding hydrogens is 518 g/mol. The Labute approximate surface area is 251 Å². The maximum absolute atomic E-state index is 11.9. The summed E-state index contributed by atoms with van der Waals surface area (Å²) in [6.07, 6.45) is 10.5. The first-order valence-corrected chi connectivity index (χ1v) is 15.5. The zero-order chi connectivity index (χ0) is 29.4. The molecule has 0 radical (unpaired) electrons. The first-order valence-electron chi connectivity index (χ1n) is 15.5. The van der Waals surface area contributed by atoms with Crippen molar-refractivity contribution in [3.63, 3.8) is 0 Å². The van der Waals surface area contributed by atoms with Crippen molar-refractivity contribution >= 4 is 5.91 Å².